The fraction of sp³-hybridized carbons (Fsp3) is 0.100. The molecule has 1 heterocycles. The van der Waals surface area contributed by atoms with Crippen molar-refractivity contribution in [2.45, 2.75) is 18.4 Å². The molecule has 1 amide bonds. The van der Waals surface area contributed by atoms with Gasteiger partial charge >= 0.3 is 0 Å². The van der Waals surface area contributed by atoms with Crippen molar-refractivity contribution in [3.8, 4) is 0 Å². The lowest BCUT2D eigenvalue weighted by Crippen LogP contribution is -2.24. The fourth-order valence-corrected chi connectivity index (χ4v) is 3.72. The molecule has 7 heteroatoms. The third-order valence-electron chi connectivity index (χ3n) is 4.08. The smallest absolute Gasteiger partial charge is 0.261 e. The number of hydrogen-bond acceptors (Lipinski definition) is 4. The van der Waals surface area contributed by atoms with Gasteiger partial charge in [0.05, 0.1) is 10.6 Å². The quantitative estimate of drug-likeness (QED) is 0.687. The Bertz CT molecular complexity index is 1040. The molecule has 0 spiro atoms. The molecule has 0 aliphatic carbocycles. The van der Waals surface area contributed by atoms with E-state index in [2.05, 4.69) is 15.0 Å². The first-order valence-corrected chi connectivity index (χ1v) is 9.80. The molecule has 0 bridgehead atoms. The summed E-state index contributed by atoms with van der Waals surface area (Å²) in [5, 5.41) is 2.83. The maximum atomic E-state index is 12.5. The number of sulfonamides is 1. The molecule has 3 aromatic rings. The molecule has 0 saturated carbocycles. The van der Waals surface area contributed by atoms with Gasteiger partial charge in [-0.3, -0.25) is 14.5 Å². The van der Waals surface area contributed by atoms with E-state index in [9.17, 15) is 13.2 Å². The van der Waals surface area contributed by atoms with E-state index in [0.29, 0.717) is 23.4 Å². The van der Waals surface area contributed by atoms with Gasteiger partial charge in [-0.25, -0.2) is 8.42 Å². The predicted octanol–water partition coefficient (Wildman–Crippen LogP) is 3.12. The Kier molecular flexibility index (Phi) is 5.52. The lowest BCUT2D eigenvalue weighted by Gasteiger charge is -2.14. The predicted molar refractivity (Wildman–Crippen MR) is 104 cm³/mol. The van der Waals surface area contributed by atoms with Crippen molar-refractivity contribution in [2.24, 2.45) is 0 Å². The second kappa shape index (κ2) is 8.01. The monoisotopic (exact) mass is 381 g/mol. The third kappa shape index (κ3) is 4.51. The standard InChI is InChI=1S/C20H19N3O3S/c1-15-18(20(24)22-14-16-10-12-21-13-11-16)8-5-9-19(15)23-27(25,26)17-6-3-2-4-7-17/h2-13,23H,14H2,1H3,(H,22,24). The van der Waals surface area contributed by atoms with Crippen LogP contribution in [0.5, 0.6) is 0 Å². The number of nitrogens with zero attached hydrogens (tertiary/aromatic N) is 1. The van der Waals surface area contributed by atoms with E-state index in [-0.39, 0.29) is 10.8 Å². The SMILES string of the molecule is Cc1c(NS(=O)(=O)c2ccccc2)cccc1C(=O)NCc1ccncc1. The molecule has 0 radical (unpaired) electrons. The molecule has 2 N–H and O–H groups in total. The Morgan fingerprint density at radius 1 is 0.963 bits per heavy atom. The Morgan fingerprint density at radius 3 is 2.37 bits per heavy atom. The fourth-order valence-electron chi connectivity index (χ4n) is 2.57. The number of benzene rings is 2. The summed E-state index contributed by atoms with van der Waals surface area (Å²) in [7, 11) is -3.72. The number of rotatable bonds is 6. The lowest BCUT2D eigenvalue weighted by atomic mass is 10.1. The first-order chi connectivity index (χ1) is 13.0. The Labute approximate surface area is 158 Å². The van der Waals surface area contributed by atoms with Crippen LogP contribution >= 0.6 is 0 Å². The highest BCUT2D eigenvalue weighted by Crippen LogP contribution is 2.22. The van der Waals surface area contributed by atoms with Crippen molar-refractivity contribution < 1.29 is 13.2 Å². The van der Waals surface area contributed by atoms with Gasteiger partial charge in [-0.1, -0.05) is 24.3 Å². The highest BCUT2D eigenvalue weighted by molar-refractivity contribution is 7.92. The molecule has 6 nitrogen and oxygen atoms in total. The molecule has 0 fully saturated rings. The van der Waals surface area contributed by atoms with Gasteiger partial charge < -0.3 is 5.32 Å². The summed E-state index contributed by atoms with van der Waals surface area (Å²) >= 11 is 0. The van der Waals surface area contributed by atoms with Crippen LogP contribution in [0.3, 0.4) is 0 Å². The number of aromatic nitrogens is 1. The van der Waals surface area contributed by atoms with Crippen LogP contribution in [-0.4, -0.2) is 19.3 Å². The van der Waals surface area contributed by atoms with E-state index in [4.69, 9.17) is 0 Å². The summed E-state index contributed by atoms with van der Waals surface area (Å²) in [6, 6.07) is 16.7. The van der Waals surface area contributed by atoms with E-state index in [1.165, 1.54) is 12.1 Å². The molecule has 0 unspecified atom stereocenters. The van der Waals surface area contributed by atoms with Crippen LogP contribution in [0, 0.1) is 6.92 Å². The van der Waals surface area contributed by atoms with Gasteiger partial charge in [-0.2, -0.15) is 0 Å². The normalized spacial score (nSPS) is 11.0. The maximum Gasteiger partial charge on any atom is 0.261 e. The highest BCUT2D eigenvalue weighted by Gasteiger charge is 2.17. The van der Waals surface area contributed by atoms with E-state index in [1.54, 1.807) is 55.7 Å². The van der Waals surface area contributed by atoms with Crippen LogP contribution in [0.15, 0.2) is 78.0 Å². The van der Waals surface area contributed by atoms with Crippen molar-refractivity contribution in [2.75, 3.05) is 4.72 Å². The molecule has 1 aromatic heterocycles. The van der Waals surface area contributed by atoms with Gasteiger partial charge in [0, 0.05) is 24.5 Å². The first-order valence-electron chi connectivity index (χ1n) is 8.32. The molecular formula is C20H19N3O3S. The topological polar surface area (TPSA) is 88.2 Å². The summed E-state index contributed by atoms with van der Waals surface area (Å²) in [4.78, 5) is 16.6. The molecule has 3 rings (SSSR count). The average molecular weight is 381 g/mol. The van der Waals surface area contributed by atoms with Crippen molar-refractivity contribution in [1.82, 2.24) is 10.3 Å². The average Bonchev–Trinajstić information content (AvgIpc) is 2.69. The molecule has 0 atom stereocenters. The van der Waals surface area contributed by atoms with Gasteiger partial charge in [0.2, 0.25) is 0 Å². The Morgan fingerprint density at radius 2 is 1.67 bits per heavy atom. The van der Waals surface area contributed by atoms with Gasteiger partial charge in [0.15, 0.2) is 0 Å². The molecule has 27 heavy (non-hydrogen) atoms. The molecule has 138 valence electrons. The van der Waals surface area contributed by atoms with Crippen LogP contribution in [0.25, 0.3) is 0 Å². The van der Waals surface area contributed by atoms with E-state index < -0.39 is 10.0 Å². The number of carbonyl (C=O) groups is 1. The van der Waals surface area contributed by atoms with Crippen LogP contribution in [-0.2, 0) is 16.6 Å². The van der Waals surface area contributed by atoms with Gasteiger partial charge in [0.1, 0.15) is 0 Å². The maximum absolute atomic E-state index is 12.5. The van der Waals surface area contributed by atoms with Crippen LogP contribution in [0.1, 0.15) is 21.5 Å². The largest absolute Gasteiger partial charge is 0.348 e. The van der Waals surface area contributed by atoms with Gasteiger partial charge in [-0.05, 0) is 54.4 Å². The summed E-state index contributed by atoms with van der Waals surface area (Å²) in [5.41, 5.74) is 2.27. The third-order valence-corrected chi connectivity index (χ3v) is 5.46. The number of amides is 1. The zero-order chi connectivity index (χ0) is 19.3. The summed E-state index contributed by atoms with van der Waals surface area (Å²) < 4.78 is 27.6. The van der Waals surface area contributed by atoms with Gasteiger partial charge in [0.25, 0.3) is 15.9 Å². The number of hydrogen-bond donors (Lipinski definition) is 2. The number of anilines is 1. The minimum absolute atomic E-state index is 0.164. The van der Waals surface area contributed by atoms with E-state index in [1.807, 2.05) is 12.1 Å². The van der Waals surface area contributed by atoms with Crippen molar-refractivity contribution >= 4 is 21.6 Å². The number of nitrogens with one attached hydrogen (secondary N) is 2. The van der Waals surface area contributed by atoms with Crippen molar-refractivity contribution in [1.29, 1.82) is 0 Å². The Balaban J connectivity index is 1.78. The molecule has 0 aliphatic heterocycles. The molecular weight excluding hydrogens is 362 g/mol. The van der Waals surface area contributed by atoms with Crippen LogP contribution in [0.2, 0.25) is 0 Å². The number of carbonyl (C=O) groups excluding carboxylic acids is 1. The molecule has 0 aliphatic rings. The molecule has 2 aromatic carbocycles. The van der Waals surface area contributed by atoms with Crippen molar-refractivity contribution in [3.05, 3.63) is 89.7 Å². The highest BCUT2D eigenvalue weighted by atomic mass is 32.2. The minimum Gasteiger partial charge on any atom is -0.348 e. The summed E-state index contributed by atoms with van der Waals surface area (Å²) in [6.07, 6.45) is 3.32. The zero-order valence-electron chi connectivity index (χ0n) is 14.7. The van der Waals surface area contributed by atoms with Crippen LogP contribution < -0.4 is 10.0 Å². The van der Waals surface area contributed by atoms with E-state index in [0.717, 1.165) is 5.56 Å². The summed E-state index contributed by atoms with van der Waals surface area (Å²) in [6.45, 7) is 2.07. The van der Waals surface area contributed by atoms with Gasteiger partial charge in [-0.15, -0.1) is 0 Å². The first kappa shape index (κ1) is 18.6. The molecule has 0 saturated heterocycles. The van der Waals surface area contributed by atoms with Crippen molar-refractivity contribution in [3.63, 3.8) is 0 Å². The Hall–Kier alpha value is -3.19. The number of pyridine rings is 1. The second-order valence-corrected chi connectivity index (χ2v) is 7.62. The zero-order valence-corrected chi connectivity index (χ0v) is 15.5. The second-order valence-electron chi connectivity index (χ2n) is 5.93. The van der Waals surface area contributed by atoms with E-state index >= 15 is 0 Å². The van der Waals surface area contributed by atoms with Crippen LogP contribution in [0.4, 0.5) is 5.69 Å². The minimum atomic E-state index is -3.72. The summed E-state index contributed by atoms with van der Waals surface area (Å²) in [5.74, 6) is -0.273. The lowest BCUT2D eigenvalue weighted by molar-refractivity contribution is 0.0950.